The Hall–Kier alpha value is -1.97. The number of hydrogen-bond donors (Lipinski definition) is 1. The Bertz CT molecular complexity index is 410. The van der Waals surface area contributed by atoms with Gasteiger partial charge in [-0.3, -0.25) is 0 Å². The summed E-state index contributed by atoms with van der Waals surface area (Å²) in [4.78, 5) is 11.1. The quantitative estimate of drug-likeness (QED) is 0.630. The standard InChI is InChI=1S/C13H16O4/c1-3-16-11-7-5-6-10(13(11)15)8-9-12(14)17-4-2/h5-9,15H,3-4H2,1-2H3. The average molecular weight is 236 g/mol. The second-order valence-electron chi connectivity index (χ2n) is 3.21. The Morgan fingerprint density at radius 3 is 2.76 bits per heavy atom. The first-order valence-corrected chi connectivity index (χ1v) is 5.48. The first-order chi connectivity index (χ1) is 8.19. The van der Waals surface area contributed by atoms with Crippen LogP contribution in [0.5, 0.6) is 11.5 Å². The zero-order valence-electron chi connectivity index (χ0n) is 9.97. The van der Waals surface area contributed by atoms with E-state index in [1.54, 1.807) is 25.1 Å². The van der Waals surface area contributed by atoms with Crippen LogP contribution in [0, 0.1) is 0 Å². The topological polar surface area (TPSA) is 55.8 Å². The van der Waals surface area contributed by atoms with Gasteiger partial charge in [-0.1, -0.05) is 12.1 Å². The van der Waals surface area contributed by atoms with Crippen LogP contribution in [0.4, 0.5) is 0 Å². The van der Waals surface area contributed by atoms with Crippen LogP contribution in [0.1, 0.15) is 19.4 Å². The van der Waals surface area contributed by atoms with E-state index in [1.807, 2.05) is 6.92 Å². The fourth-order valence-electron chi connectivity index (χ4n) is 1.29. The fraction of sp³-hybridized carbons (Fsp3) is 0.308. The second-order valence-corrected chi connectivity index (χ2v) is 3.21. The van der Waals surface area contributed by atoms with Gasteiger partial charge in [0.15, 0.2) is 11.5 Å². The maximum Gasteiger partial charge on any atom is 0.330 e. The predicted octanol–water partition coefficient (Wildman–Crippen LogP) is 2.37. The Morgan fingerprint density at radius 2 is 2.12 bits per heavy atom. The summed E-state index contributed by atoms with van der Waals surface area (Å²) in [6, 6.07) is 5.10. The summed E-state index contributed by atoms with van der Waals surface area (Å²) >= 11 is 0. The number of carbonyl (C=O) groups excluding carboxylic acids is 1. The molecule has 0 unspecified atom stereocenters. The molecule has 4 nitrogen and oxygen atoms in total. The maximum atomic E-state index is 11.1. The molecule has 1 rings (SSSR count). The van der Waals surface area contributed by atoms with Gasteiger partial charge in [0.2, 0.25) is 0 Å². The number of aromatic hydroxyl groups is 1. The number of esters is 1. The molecule has 0 bridgehead atoms. The molecule has 0 heterocycles. The van der Waals surface area contributed by atoms with Gasteiger partial charge in [-0.2, -0.15) is 0 Å². The first kappa shape index (κ1) is 13.1. The molecule has 92 valence electrons. The number of ether oxygens (including phenoxy) is 2. The summed E-state index contributed by atoms with van der Waals surface area (Å²) in [7, 11) is 0. The molecular formula is C13H16O4. The van der Waals surface area contributed by atoms with Crippen LogP contribution in [0.15, 0.2) is 24.3 Å². The molecule has 0 amide bonds. The molecule has 0 aliphatic heterocycles. The third-order valence-corrected chi connectivity index (χ3v) is 2.02. The minimum atomic E-state index is -0.436. The zero-order chi connectivity index (χ0) is 12.7. The second kappa shape index (κ2) is 6.58. The van der Waals surface area contributed by atoms with Crippen LogP contribution in [-0.2, 0) is 9.53 Å². The molecule has 0 atom stereocenters. The van der Waals surface area contributed by atoms with Gasteiger partial charge in [0.05, 0.1) is 13.2 Å². The van der Waals surface area contributed by atoms with Crippen LogP contribution in [0.2, 0.25) is 0 Å². The van der Waals surface area contributed by atoms with E-state index in [4.69, 9.17) is 9.47 Å². The van der Waals surface area contributed by atoms with Crippen molar-refractivity contribution < 1.29 is 19.4 Å². The highest BCUT2D eigenvalue weighted by Crippen LogP contribution is 2.30. The van der Waals surface area contributed by atoms with Crippen molar-refractivity contribution in [2.45, 2.75) is 13.8 Å². The molecule has 0 aliphatic carbocycles. The van der Waals surface area contributed by atoms with E-state index in [0.717, 1.165) is 0 Å². The molecule has 0 fully saturated rings. The van der Waals surface area contributed by atoms with Gasteiger partial charge in [0.1, 0.15) is 0 Å². The molecule has 0 aliphatic rings. The van der Waals surface area contributed by atoms with E-state index in [9.17, 15) is 9.90 Å². The summed E-state index contributed by atoms with van der Waals surface area (Å²) in [6.07, 6.45) is 2.77. The number of para-hydroxylation sites is 1. The molecule has 0 radical (unpaired) electrons. The van der Waals surface area contributed by atoms with Gasteiger partial charge < -0.3 is 14.6 Å². The number of phenolic OH excluding ortho intramolecular Hbond substituents is 1. The van der Waals surface area contributed by atoms with Crippen molar-refractivity contribution in [1.29, 1.82) is 0 Å². The molecule has 1 aromatic carbocycles. The Labute approximate surface area is 100 Å². The molecule has 4 heteroatoms. The lowest BCUT2D eigenvalue weighted by molar-refractivity contribution is -0.137. The fourth-order valence-corrected chi connectivity index (χ4v) is 1.29. The summed E-state index contributed by atoms with van der Waals surface area (Å²) in [5.74, 6) is -0.0119. The number of rotatable bonds is 5. The zero-order valence-corrected chi connectivity index (χ0v) is 9.97. The Kier molecular flexibility index (Phi) is 5.07. The van der Waals surface area contributed by atoms with E-state index >= 15 is 0 Å². The number of benzene rings is 1. The van der Waals surface area contributed by atoms with E-state index in [0.29, 0.717) is 24.5 Å². The maximum absolute atomic E-state index is 11.1. The third-order valence-electron chi connectivity index (χ3n) is 2.02. The molecule has 1 aromatic rings. The van der Waals surface area contributed by atoms with Crippen molar-refractivity contribution in [2.75, 3.05) is 13.2 Å². The van der Waals surface area contributed by atoms with Gasteiger partial charge >= 0.3 is 5.97 Å². The lowest BCUT2D eigenvalue weighted by atomic mass is 10.1. The summed E-state index contributed by atoms with van der Waals surface area (Å²) < 4.78 is 9.97. The van der Waals surface area contributed by atoms with Gasteiger partial charge in [0.25, 0.3) is 0 Å². The minimum Gasteiger partial charge on any atom is -0.504 e. The van der Waals surface area contributed by atoms with Crippen LogP contribution < -0.4 is 4.74 Å². The summed E-state index contributed by atoms with van der Waals surface area (Å²) in [6.45, 7) is 4.37. The van der Waals surface area contributed by atoms with Crippen molar-refractivity contribution in [2.24, 2.45) is 0 Å². The predicted molar refractivity (Wildman–Crippen MR) is 64.9 cm³/mol. The van der Waals surface area contributed by atoms with Crippen molar-refractivity contribution in [3.05, 3.63) is 29.8 Å². The number of carbonyl (C=O) groups is 1. The monoisotopic (exact) mass is 236 g/mol. The Morgan fingerprint density at radius 1 is 1.35 bits per heavy atom. The molecule has 0 saturated carbocycles. The lowest BCUT2D eigenvalue weighted by Crippen LogP contribution is -1.98. The van der Waals surface area contributed by atoms with Crippen molar-refractivity contribution in [1.82, 2.24) is 0 Å². The summed E-state index contributed by atoms with van der Waals surface area (Å²) in [5, 5.41) is 9.83. The highest BCUT2D eigenvalue weighted by molar-refractivity contribution is 5.87. The molecule has 0 saturated heterocycles. The third kappa shape index (κ3) is 3.83. The van der Waals surface area contributed by atoms with Crippen LogP contribution >= 0.6 is 0 Å². The Balaban J connectivity index is 2.84. The van der Waals surface area contributed by atoms with Crippen LogP contribution in [0.3, 0.4) is 0 Å². The highest BCUT2D eigenvalue weighted by Gasteiger charge is 2.05. The number of hydrogen-bond acceptors (Lipinski definition) is 4. The highest BCUT2D eigenvalue weighted by atomic mass is 16.5. The first-order valence-electron chi connectivity index (χ1n) is 5.48. The van der Waals surface area contributed by atoms with Crippen molar-refractivity contribution >= 4 is 12.0 Å². The smallest absolute Gasteiger partial charge is 0.330 e. The summed E-state index contributed by atoms with van der Waals surface area (Å²) in [5.41, 5.74) is 0.518. The van der Waals surface area contributed by atoms with E-state index in [1.165, 1.54) is 12.2 Å². The van der Waals surface area contributed by atoms with Crippen molar-refractivity contribution in [3.8, 4) is 11.5 Å². The molecule has 0 spiro atoms. The molecule has 17 heavy (non-hydrogen) atoms. The van der Waals surface area contributed by atoms with E-state index in [-0.39, 0.29) is 5.75 Å². The minimum absolute atomic E-state index is 0.0231. The lowest BCUT2D eigenvalue weighted by Gasteiger charge is -2.07. The SMILES string of the molecule is CCOC(=O)C=Cc1cccc(OCC)c1O. The largest absolute Gasteiger partial charge is 0.504 e. The molecular weight excluding hydrogens is 220 g/mol. The van der Waals surface area contributed by atoms with Crippen LogP contribution in [0.25, 0.3) is 6.08 Å². The molecule has 1 N–H and O–H groups in total. The molecule has 0 aromatic heterocycles. The normalized spacial score (nSPS) is 10.5. The average Bonchev–Trinajstić information content (AvgIpc) is 2.31. The van der Waals surface area contributed by atoms with Gasteiger partial charge in [-0.05, 0) is 26.0 Å². The van der Waals surface area contributed by atoms with E-state index < -0.39 is 5.97 Å². The van der Waals surface area contributed by atoms with Gasteiger partial charge in [-0.25, -0.2) is 4.79 Å². The van der Waals surface area contributed by atoms with Crippen LogP contribution in [-0.4, -0.2) is 24.3 Å². The van der Waals surface area contributed by atoms with Gasteiger partial charge in [-0.15, -0.1) is 0 Å². The number of phenols is 1. The van der Waals surface area contributed by atoms with E-state index in [2.05, 4.69) is 0 Å². The van der Waals surface area contributed by atoms with Crippen molar-refractivity contribution in [3.63, 3.8) is 0 Å². The van der Waals surface area contributed by atoms with Gasteiger partial charge in [0, 0.05) is 11.6 Å².